The van der Waals surface area contributed by atoms with Gasteiger partial charge in [-0.05, 0) is 6.07 Å². The molecule has 0 bridgehead atoms. The van der Waals surface area contributed by atoms with E-state index < -0.39 is 52.3 Å². The minimum Gasteiger partial charge on any atom is -0.475 e. The second kappa shape index (κ2) is 6.69. The van der Waals surface area contributed by atoms with E-state index in [0.29, 0.717) is 6.07 Å². The predicted octanol–water partition coefficient (Wildman–Crippen LogP) is 1.99. The maximum Gasteiger partial charge on any atom is 0.422 e. The average molecular weight is 324 g/mol. The van der Waals surface area contributed by atoms with Crippen LogP contribution in [0.1, 0.15) is 0 Å². The van der Waals surface area contributed by atoms with Crippen LogP contribution in [0.3, 0.4) is 0 Å². The van der Waals surface area contributed by atoms with E-state index in [-0.39, 0.29) is 0 Å². The summed E-state index contributed by atoms with van der Waals surface area (Å²) in [6.45, 7) is -2.84. The van der Waals surface area contributed by atoms with Gasteiger partial charge >= 0.3 is 17.8 Å². The van der Waals surface area contributed by atoms with Crippen LogP contribution in [-0.2, 0) is 9.53 Å². The summed E-state index contributed by atoms with van der Waals surface area (Å²) in [7, 11) is 0. The van der Waals surface area contributed by atoms with Crippen LogP contribution >= 0.6 is 0 Å². The van der Waals surface area contributed by atoms with E-state index in [2.05, 4.69) is 9.47 Å². The zero-order chi connectivity index (χ0) is 16.9. The molecule has 0 spiro atoms. The number of non-ortho nitro benzene ring substituents is 1. The quantitative estimate of drug-likeness (QED) is 0.445. The fraction of sp³-hybridized carbons (Fsp3) is 0.300. The van der Waals surface area contributed by atoms with Gasteiger partial charge in [-0.1, -0.05) is 0 Å². The third-order valence-electron chi connectivity index (χ3n) is 2.09. The van der Waals surface area contributed by atoms with E-state index in [1.54, 1.807) is 0 Å². The first-order chi connectivity index (χ1) is 10.1. The minimum absolute atomic E-state index is 0.514. The number of carbonyl (C=O) groups is 1. The Labute approximate surface area is 119 Å². The third kappa shape index (κ3) is 5.22. The second-order valence-electron chi connectivity index (χ2n) is 3.73. The molecule has 0 aromatic heterocycles. The van der Waals surface area contributed by atoms with Crippen LogP contribution in [0.25, 0.3) is 0 Å². The Balaban J connectivity index is 2.75. The van der Waals surface area contributed by atoms with E-state index >= 15 is 0 Å². The van der Waals surface area contributed by atoms with Crippen molar-refractivity contribution in [3.63, 3.8) is 0 Å². The first kappa shape index (κ1) is 17.1. The summed E-state index contributed by atoms with van der Waals surface area (Å²) in [4.78, 5) is 30.3. The number of nitrogens with zero attached hydrogens (tertiary/aromatic N) is 2. The van der Waals surface area contributed by atoms with Gasteiger partial charge in [0.2, 0.25) is 0 Å². The molecule has 9 nitrogen and oxygen atoms in total. The minimum atomic E-state index is -4.71. The average Bonchev–Trinajstić information content (AvgIpc) is 2.41. The summed E-state index contributed by atoms with van der Waals surface area (Å²) >= 11 is 0. The first-order valence-corrected chi connectivity index (χ1v) is 5.38. The lowest BCUT2D eigenvalue weighted by atomic mass is 10.2. The summed E-state index contributed by atoms with van der Waals surface area (Å²) in [5.74, 6) is -1.91. The molecule has 22 heavy (non-hydrogen) atoms. The molecule has 120 valence electrons. The molecule has 0 N–H and O–H groups in total. The SMILES string of the molecule is O=C(COc1ccc([N+](=O)[O-])cc1[N+](=O)[O-])OCC(F)(F)F. The van der Waals surface area contributed by atoms with Gasteiger partial charge in [0.25, 0.3) is 5.69 Å². The zero-order valence-corrected chi connectivity index (χ0v) is 10.5. The highest BCUT2D eigenvalue weighted by Gasteiger charge is 2.30. The van der Waals surface area contributed by atoms with Gasteiger partial charge in [-0.2, -0.15) is 13.2 Å². The summed E-state index contributed by atoms with van der Waals surface area (Å²) in [5, 5.41) is 21.2. The number of carbonyl (C=O) groups excluding carboxylic acids is 1. The van der Waals surface area contributed by atoms with Crippen LogP contribution in [0, 0.1) is 20.2 Å². The Morgan fingerprint density at radius 2 is 1.82 bits per heavy atom. The lowest BCUT2D eigenvalue weighted by molar-refractivity contribution is -0.394. The van der Waals surface area contributed by atoms with Gasteiger partial charge in [0.05, 0.1) is 15.9 Å². The third-order valence-corrected chi connectivity index (χ3v) is 2.09. The van der Waals surface area contributed by atoms with Gasteiger partial charge in [-0.15, -0.1) is 0 Å². The van der Waals surface area contributed by atoms with Gasteiger partial charge < -0.3 is 9.47 Å². The Kier molecular flexibility index (Phi) is 5.21. The maximum atomic E-state index is 11.8. The van der Waals surface area contributed by atoms with Gasteiger partial charge in [0, 0.05) is 6.07 Å². The number of hydrogen-bond acceptors (Lipinski definition) is 7. The Morgan fingerprint density at radius 1 is 1.18 bits per heavy atom. The first-order valence-electron chi connectivity index (χ1n) is 5.38. The number of hydrogen-bond donors (Lipinski definition) is 0. The Bertz CT molecular complexity index is 603. The lowest BCUT2D eigenvalue weighted by Crippen LogP contribution is -2.23. The molecule has 0 fully saturated rings. The number of ether oxygens (including phenoxy) is 2. The van der Waals surface area contributed by atoms with Crippen molar-refractivity contribution in [1.82, 2.24) is 0 Å². The van der Waals surface area contributed by atoms with Crippen molar-refractivity contribution in [2.45, 2.75) is 6.18 Å². The maximum absolute atomic E-state index is 11.8. The molecule has 0 unspecified atom stereocenters. The van der Waals surface area contributed by atoms with Gasteiger partial charge in [-0.3, -0.25) is 20.2 Å². The number of halogens is 3. The van der Waals surface area contributed by atoms with Crippen molar-refractivity contribution in [1.29, 1.82) is 0 Å². The normalized spacial score (nSPS) is 10.9. The Morgan fingerprint density at radius 3 is 2.32 bits per heavy atom. The van der Waals surface area contributed by atoms with E-state index in [1.165, 1.54) is 0 Å². The molecule has 0 heterocycles. The highest BCUT2D eigenvalue weighted by atomic mass is 19.4. The van der Waals surface area contributed by atoms with Crippen LogP contribution in [0.15, 0.2) is 18.2 Å². The molecule has 0 radical (unpaired) electrons. The summed E-state index contributed by atoms with van der Waals surface area (Å²) < 4.78 is 43.9. The van der Waals surface area contributed by atoms with Crippen molar-refractivity contribution in [2.75, 3.05) is 13.2 Å². The molecular formula is C10H7F3N2O7. The Hall–Kier alpha value is -2.92. The van der Waals surface area contributed by atoms with Crippen molar-refractivity contribution in [3.05, 3.63) is 38.4 Å². The molecule has 0 aliphatic heterocycles. The number of rotatable bonds is 6. The van der Waals surface area contributed by atoms with Crippen molar-refractivity contribution in [3.8, 4) is 5.75 Å². The summed E-state index contributed by atoms with van der Waals surface area (Å²) in [5.41, 5.74) is -1.39. The summed E-state index contributed by atoms with van der Waals surface area (Å²) in [6.07, 6.45) is -4.71. The number of nitro groups is 2. The van der Waals surface area contributed by atoms with E-state index in [9.17, 15) is 38.2 Å². The van der Waals surface area contributed by atoms with Crippen LogP contribution in [0.5, 0.6) is 5.75 Å². The van der Waals surface area contributed by atoms with Gasteiger partial charge in [-0.25, -0.2) is 4.79 Å². The number of alkyl halides is 3. The van der Waals surface area contributed by atoms with Crippen molar-refractivity contribution >= 4 is 17.3 Å². The largest absolute Gasteiger partial charge is 0.475 e. The van der Waals surface area contributed by atoms with E-state index in [1.807, 2.05) is 0 Å². The molecule has 0 amide bonds. The molecule has 1 rings (SSSR count). The van der Waals surface area contributed by atoms with Crippen LogP contribution < -0.4 is 4.74 Å². The molecule has 0 saturated heterocycles. The standard InChI is InChI=1S/C10H7F3N2O7/c11-10(12,13)5-22-9(16)4-21-8-2-1-6(14(17)18)3-7(8)15(19)20/h1-3H,4-5H2. The number of esters is 1. The molecule has 0 atom stereocenters. The van der Waals surface area contributed by atoms with Crippen LogP contribution in [0.4, 0.5) is 24.5 Å². The smallest absolute Gasteiger partial charge is 0.422 e. The molecule has 0 aliphatic carbocycles. The highest BCUT2D eigenvalue weighted by Crippen LogP contribution is 2.30. The summed E-state index contributed by atoms with van der Waals surface area (Å²) in [6, 6.07) is 2.33. The molecule has 1 aromatic rings. The van der Waals surface area contributed by atoms with Gasteiger partial charge in [0.15, 0.2) is 19.0 Å². The van der Waals surface area contributed by atoms with Crippen molar-refractivity contribution < 1.29 is 37.3 Å². The van der Waals surface area contributed by atoms with Crippen molar-refractivity contribution in [2.24, 2.45) is 0 Å². The zero-order valence-electron chi connectivity index (χ0n) is 10.5. The molecular weight excluding hydrogens is 317 g/mol. The fourth-order valence-corrected chi connectivity index (χ4v) is 1.22. The van der Waals surface area contributed by atoms with E-state index in [4.69, 9.17) is 0 Å². The van der Waals surface area contributed by atoms with E-state index in [0.717, 1.165) is 12.1 Å². The molecule has 0 aliphatic rings. The molecule has 12 heteroatoms. The molecule has 1 aromatic carbocycles. The monoisotopic (exact) mass is 324 g/mol. The lowest BCUT2D eigenvalue weighted by Gasteiger charge is -2.09. The fourth-order valence-electron chi connectivity index (χ4n) is 1.22. The topological polar surface area (TPSA) is 122 Å². The second-order valence-corrected chi connectivity index (χ2v) is 3.73. The van der Waals surface area contributed by atoms with Crippen LogP contribution in [-0.4, -0.2) is 35.2 Å². The highest BCUT2D eigenvalue weighted by molar-refractivity contribution is 5.71. The van der Waals surface area contributed by atoms with Gasteiger partial charge in [0.1, 0.15) is 0 Å². The number of benzene rings is 1. The predicted molar refractivity (Wildman–Crippen MR) is 62.3 cm³/mol. The van der Waals surface area contributed by atoms with Crippen LogP contribution in [0.2, 0.25) is 0 Å². The molecule has 0 saturated carbocycles. The number of nitro benzene ring substituents is 2.